The average Bonchev–Trinajstić information content (AvgIpc) is 2.48. The van der Waals surface area contributed by atoms with Gasteiger partial charge in [-0.15, -0.1) is 0 Å². The predicted octanol–water partition coefficient (Wildman–Crippen LogP) is 1.23. The first-order valence-corrected chi connectivity index (χ1v) is 5.40. The summed E-state index contributed by atoms with van der Waals surface area (Å²) >= 11 is 0. The summed E-state index contributed by atoms with van der Waals surface area (Å²) in [7, 11) is 0. The quantitative estimate of drug-likeness (QED) is 0.725. The van der Waals surface area contributed by atoms with Gasteiger partial charge in [0.15, 0.2) is 0 Å². The highest BCUT2D eigenvalue weighted by Gasteiger charge is 2.33. The van der Waals surface area contributed by atoms with E-state index in [-0.39, 0.29) is 5.91 Å². The molecule has 3 nitrogen and oxygen atoms in total. The third-order valence-corrected chi connectivity index (χ3v) is 3.01. The third-order valence-electron chi connectivity index (χ3n) is 3.01. The second kappa shape index (κ2) is 3.89. The molecule has 0 bridgehead atoms. The minimum Gasteiger partial charge on any atom is -0.341 e. The molecule has 1 fully saturated rings. The maximum atomic E-state index is 11.8. The zero-order valence-electron chi connectivity index (χ0n) is 9.71. The number of carbonyl (C=O) groups excluding carboxylic acids is 1. The summed E-state index contributed by atoms with van der Waals surface area (Å²) in [6, 6.07) is 0. The molecule has 2 N–H and O–H groups in total. The van der Waals surface area contributed by atoms with Crippen molar-refractivity contribution in [3.8, 4) is 0 Å². The van der Waals surface area contributed by atoms with E-state index in [4.69, 9.17) is 5.73 Å². The van der Waals surface area contributed by atoms with Crippen LogP contribution in [0.5, 0.6) is 0 Å². The van der Waals surface area contributed by atoms with Gasteiger partial charge < -0.3 is 10.6 Å². The molecular weight excluding hydrogens is 176 g/mol. The summed E-state index contributed by atoms with van der Waals surface area (Å²) in [6.45, 7) is 9.74. The fourth-order valence-corrected chi connectivity index (χ4v) is 1.92. The normalized spacial score (nSPS) is 23.3. The molecule has 1 atom stereocenters. The van der Waals surface area contributed by atoms with Gasteiger partial charge in [-0.25, -0.2) is 0 Å². The summed E-state index contributed by atoms with van der Waals surface area (Å²) in [6.07, 6.45) is 1.12. The van der Waals surface area contributed by atoms with Gasteiger partial charge in [0, 0.05) is 13.1 Å². The molecule has 0 aromatic heterocycles. The first-order chi connectivity index (χ1) is 6.32. The predicted molar refractivity (Wildman–Crippen MR) is 57.8 cm³/mol. The Hall–Kier alpha value is -0.570. The van der Waals surface area contributed by atoms with Crippen molar-refractivity contribution in [2.75, 3.05) is 13.1 Å². The van der Waals surface area contributed by atoms with Crippen LogP contribution in [0.3, 0.4) is 0 Å². The number of hydrogen-bond donors (Lipinski definition) is 1. The molecule has 1 aliphatic heterocycles. The smallest absolute Gasteiger partial charge is 0.242 e. The van der Waals surface area contributed by atoms with Gasteiger partial charge in [-0.1, -0.05) is 13.8 Å². The average molecular weight is 198 g/mol. The molecule has 1 heterocycles. The molecule has 0 aromatic carbocycles. The lowest BCUT2D eigenvalue weighted by Crippen LogP contribution is -2.50. The molecule has 1 unspecified atom stereocenters. The zero-order chi connectivity index (χ0) is 10.9. The van der Waals surface area contributed by atoms with Crippen LogP contribution in [0.25, 0.3) is 0 Å². The van der Waals surface area contributed by atoms with E-state index >= 15 is 0 Å². The van der Waals surface area contributed by atoms with E-state index in [0.29, 0.717) is 11.8 Å². The Labute approximate surface area is 86.6 Å². The summed E-state index contributed by atoms with van der Waals surface area (Å²) in [5.74, 6) is 1.40. The summed E-state index contributed by atoms with van der Waals surface area (Å²) < 4.78 is 0. The molecule has 0 aromatic rings. The first kappa shape index (κ1) is 11.5. The maximum Gasteiger partial charge on any atom is 0.242 e. The second-order valence-electron chi connectivity index (χ2n) is 5.27. The van der Waals surface area contributed by atoms with Gasteiger partial charge in [0.05, 0.1) is 5.54 Å². The summed E-state index contributed by atoms with van der Waals surface area (Å²) in [5, 5.41) is 0. The molecule has 1 saturated heterocycles. The largest absolute Gasteiger partial charge is 0.341 e. The molecule has 1 amide bonds. The van der Waals surface area contributed by atoms with E-state index in [0.717, 1.165) is 19.5 Å². The fraction of sp³-hybridized carbons (Fsp3) is 0.909. The highest BCUT2D eigenvalue weighted by Crippen LogP contribution is 2.24. The minimum absolute atomic E-state index is 0.0839. The van der Waals surface area contributed by atoms with Crippen LogP contribution < -0.4 is 5.73 Å². The standard InChI is InChI=1S/C11H22N2O/c1-8(2)9-5-6-13(7-9)10(14)11(3,4)12/h8-9H,5-7,12H2,1-4H3. The molecule has 14 heavy (non-hydrogen) atoms. The number of amides is 1. The number of carbonyl (C=O) groups is 1. The minimum atomic E-state index is -0.716. The monoisotopic (exact) mass is 198 g/mol. The van der Waals surface area contributed by atoms with Crippen molar-refractivity contribution in [3.05, 3.63) is 0 Å². The summed E-state index contributed by atoms with van der Waals surface area (Å²) in [5.41, 5.74) is 5.07. The molecule has 0 saturated carbocycles. The SMILES string of the molecule is CC(C)C1CCN(C(=O)C(C)(C)N)C1. The van der Waals surface area contributed by atoms with E-state index < -0.39 is 5.54 Å². The molecule has 3 heteroatoms. The Morgan fingerprint density at radius 1 is 1.50 bits per heavy atom. The van der Waals surface area contributed by atoms with Crippen molar-refractivity contribution in [1.29, 1.82) is 0 Å². The Balaban J connectivity index is 2.54. The van der Waals surface area contributed by atoms with E-state index in [1.165, 1.54) is 0 Å². The second-order valence-corrected chi connectivity index (χ2v) is 5.27. The Bertz CT molecular complexity index is 218. The topological polar surface area (TPSA) is 46.3 Å². The Kier molecular flexibility index (Phi) is 3.20. The number of likely N-dealkylation sites (tertiary alicyclic amines) is 1. The molecule has 82 valence electrons. The van der Waals surface area contributed by atoms with Gasteiger partial charge in [-0.05, 0) is 32.1 Å². The van der Waals surface area contributed by atoms with Crippen LogP contribution in [0.2, 0.25) is 0 Å². The molecule has 0 spiro atoms. The third kappa shape index (κ3) is 2.47. The first-order valence-electron chi connectivity index (χ1n) is 5.40. The van der Waals surface area contributed by atoms with Crippen LogP contribution in [-0.2, 0) is 4.79 Å². The zero-order valence-corrected chi connectivity index (χ0v) is 9.71. The summed E-state index contributed by atoms with van der Waals surface area (Å²) in [4.78, 5) is 13.7. The number of hydrogen-bond acceptors (Lipinski definition) is 2. The molecular formula is C11H22N2O. The molecule has 0 radical (unpaired) electrons. The van der Waals surface area contributed by atoms with Gasteiger partial charge in [0.25, 0.3) is 0 Å². The van der Waals surface area contributed by atoms with E-state index in [1.807, 2.05) is 4.90 Å². The van der Waals surface area contributed by atoms with Gasteiger partial charge in [0.2, 0.25) is 5.91 Å². The van der Waals surface area contributed by atoms with E-state index in [1.54, 1.807) is 13.8 Å². The van der Waals surface area contributed by atoms with Crippen LogP contribution in [0.4, 0.5) is 0 Å². The van der Waals surface area contributed by atoms with Crippen LogP contribution in [0, 0.1) is 11.8 Å². The van der Waals surface area contributed by atoms with Gasteiger partial charge >= 0.3 is 0 Å². The van der Waals surface area contributed by atoms with Gasteiger partial charge in [-0.3, -0.25) is 4.79 Å². The van der Waals surface area contributed by atoms with Crippen LogP contribution >= 0.6 is 0 Å². The van der Waals surface area contributed by atoms with Crippen LogP contribution in [-0.4, -0.2) is 29.4 Å². The lowest BCUT2D eigenvalue weighted by atomic mass is 9.95. The fourth-order valence-electron chi connectivity index (χ4n) is 1.92. The van der Waals surface area contributed by atoms with Crippen molar-refractivity contribution in [2.45, 2.75) is 39.7 Å². The molecule has 0 aliphatic carbocycles. The van der Waals surface area contributed by atoms with Crippen molar-refractivity contribution in [2.24, 2.45) is 17.6 Å². The van der Waals surface area contributed by atoms with Crippen LogP contribution in [0.15, 0.2) is 0 Å². The lowest BCUT2D eigenvalue weighted by Gasteiger charge is -2.26. The van der Waals surface area contributed by atoms with Crippen molar-refractivity contribution < 1.29 is 4.79 Å². The van der Waals surface area contributed by atoms with E-state index in [2.05, 4.69) is 13.8 Å². The lowest BCUT2D eigenvalue weighted by molar-refractivity contribution is -0.134. The Morgan fingerprint density at radius 2 is 2.07 bits per heavy atom. The molecule has 1 rings (SSSR count). The number of rotatable bonds is 2. The van der Waals surface area contributed by atoms with Crippen molar-refractivity contribution in [3.63, 3.8) is 0 Å². The highest BCUT2D eigenvalue weighted by molar-refractivity contribution is 5.85. The van der Waals surface area contributed by atoms with Gasteiger partial charge in [-0.2, -0.15) is 0 Å². The van der Waals surface area contributed by atoms with Gasteiger partial charge in [0.1, 0.15) is 0 Å². The van der Waals surface area contributed by atoms with Crippen molar-refractivity contribution >= 4 is 5.91 Å². The van der Waals surface area contributed by atoms with Crippen LogP contribution in [0.1, 0.15) is 34.1 Å². The molecule has 1 aliphatic rings. The highest BCUT2D eigenvalue weighted by atomic mass is 16.2. The maximum absolute atomic E-state index is 11.8. The van der Waals surface area contributed by atoms with E-state index in [9.17, 15) is 4.79 Å². The number of nitrogens with two attached hydrogens (primary N) is 1. The Morgan fingerprint density at radius 3 is 2.43 bits per heavy atom. The number of nitrogens with zero attached hydrogens (tertiary/aromatic N) is 1. The van der Waals surface area contributed by atoms with Crippen molar-refractivity contribution in [1.82, 2.24) is 4.90 Å².